The summed E-state index contributed by atoms with van der Waals surface area (Å²) in [7, 11) is 1.65. The van der Waals surface area contributed by atoms with Crippen LogP contribution in [0, 0.1) is 5.92 Å². The van der Waals surface area contributed by atoms with Gasteiger partial charge in [0.05, 0.1) is 23.7 Å². The lowest BCUT2D eigenvalue weighted by atomic mass is 10.1. The van der Waals surface area contributed by atoms with Crippen LogP contribution in [-0.4, -0.2) is 40.1 Å². The molecule has 1 fully saturated rings. The van der Waals surface area contributed by atoms with Crippen molar-refractivity contribution >= 4 is 22.9 Å². The molecule has 3 aromatic rings. The monoisotopic (exact) mass is 423 g/mol. The Hall–Kier alpha value is -2.77. The Morgan fingerprint density at radius 2 is 2.17 bits per heavy atom. The second-order valence-electron chi connectivity index (χ2n) is 7.82. The number of carbonyl (C=O) groups excluding carboxylic acids is 1. The number of carbonyl (C=O) groups is 1. The van der Waals surface area contributed by atoms with Crippen LogP contribution in [-0.2, 0) is 6.42 Å². The van der Waals surface area contributed by atoms with Crippen molar-refractivity contribution in [2.24, 2.45) is 5.92 Å². The van der Waals surface area contributed by atoms with E-state index >= 15 is 0 Å². The summed E-state index contributed by atoms with van der Waals surface area (Å²) < 4.78 is 5.29. The van der Waals surface area contributed by atoms with E-state index in [4.69, 9.17) is 4.74 Å². The number of aliphatic hydroxyl groups excluding tert-OH is 1. The number of thiophene rings is 1. The van der Waals surface area contributed by atoms with Crippen molar-refractivity contribution in [3.63, 3.8) is 0 Å². The Kier molecular flexibility index (Phi) is 6.11. The summed E-state index contributed by atoms with van der Waals surface area (Å²) in [5.41, 5.74) is 2.67. The number of ether oxygens (including phenoxy) is 1. The van der Waals surface area contributed by atoms with Crippen molar-refractivity contribution in [2.75, 3.05) is 12.4 Å². The molecule has 1 aromatic carbocycles. The van der Waals surface area contributed by atoms with Gasteiger partial charge in [-0.25, -0.2) is 9.97 Å². The number of benzene rings is 1. The molecule has 2 N–H and O–H groups in total. The summed E-state index contributed by atoms with van der Waals surface area (Å²) in [6, 6.07) is 9.97. The Labute approximate surface area is 180 Å². The van der Waals surface area contributed by atoms with Crippen molar-refractivity contribution < 1.29 is 14.6 Å². The Bertz CT molecular complexity index is 1030. The third kappa shape index (κ3) is 4.52. The molecule has 0 saturated heterocycles. The fourth-order valence-electron chi connectivity index (χ4n) is 3.89. The molecule has 2 aromatic heterocycles. The minimum absolute atomic E-state index is 0.0911. The van der Waals surface area contributed by atoms with Gasteiger partial charge < -0.3 is 15.2 Å². The number of aliphatic hydroxyl groups is 1. The van der Waals surface area contributed by atoms with Gasteiger partial charge in [0.2, 0.25) is 5.78 Å². The number of aromatic nitrogens is 2. The van der Waals surface area contributed by atoms with Crippen LogP contribution in [0.1, 0.15) is 46.1 Å². The van der Waals surface area contributed by atoms with Crippen molar-refractivity contribution in [3.05, 3.63) is 69.8 Å². The van der Waals surface area contributed by atoms with Crippen LogP contribution in [0.15, 0.2) is 48.2 Å². The minimum atomic E-state index is -0.319. The van der Waals surface area contributed by atoms with Gasteiger partial charge in [-0.2, -0.15) is 0 Å². The zero-order valence-electron chi connectivity index (χ0n) is 17.0. The number of nitrogens with one attached hydrogen (secondary N) is 1. The van der Waals surface area contributed by atoms with E-state index in [1.54, 1.807) is 13.3 Å². The number of hydrogen-bond acceptors (Lipinski definition) is 7. The highest BCUT2D eigenvalue weighted by atomic mass is 32.1. The first kappa shape index (κ1) is 20.5. The van der Waals surface area contributed by atoms with Crippen molar-refractivity contribution in [1.82, 2.24) is 9.97 Å². The molecule has 0 radical (unpaired) electrons. The van der Waals surface area contributed by atoms with Crippen LogP contribution in [0.2, 0.25) is 0 Å². The number of anilines is 1. The molecule has 7 heteroatoms. The molecule has 1 aliphatic carbocycles. The summed E-state index contributed by atoms with van der Waals surface area (Å²) in [6.07, 6.45) is 4.92. The highest BCUT2D eigenvalue weighted by molar-refractivity contribution is 7.12. The van der Waals surface area contributed by atoms with Gasteiger partial charge in [0.1, 0.15) is 17.9 Å². The third-order valence-electron chi connectivity index (χ3n) is 5.56. The largest absolute Gasteiger partial charge is 0.497 e. The van der Waals surface area contributed by atoms with Crippen LogP contribution < -0.4 is 10.1 Å². The Morgan fingerprint density at radius 1 is 1.30 bits per heavy atom. The molecule has 2 heterocycles. The number of ketones is 1. The van der Waals surface area contributed by atoms with E-state index in [0.717, 1.165) is 29.7 Å². The maximum atomic E-state index is 13.2. The lowest BCUT2D eigenvalue weighted by Gasteiger charge is -2.15. The van der Waals surface area contributed by atoms with Gasteiger partial charge in [0.15, 0.2) is 0 Å². The van der Waals surface area contributed by atoms with Crippen molar-refractivity contribution in [3.8, 4) is 5.75 Å². The van der Waals surface area contributed by atoms with E-state index < -0.39 is 0 Å². The fourth-order valence-corrected chi connectivity index (χ4v) is 4.75. The number of nitrogens with zero attached hydrogens (tertiary/aromatic N) is 2. The fraction of sp³-hybridized carbons (Fsp3) is 0.348. The average Bonchev–Trinajstić information content (AvgIpc) is 3.34. The van der Waals surface area contributed by atoms with Crippen molar-refractivity contribution in [2.45, 2.75) is 38.3 Å². The summed E-state index contributed by atoms with van der Waals surface area (Å²) in [6.45, 7) is 2.04. The molecule has 4 rings (SSSR count). The highest BCUT2D eigenvalue weighted by Crippen LogP contribution is 2.29. The number of rotatable bonds is 7. The number of methoxy groups -OCH3 is 1. The summed E-state index contributed by atoms with van der Waals surface area (Å²) >= 11 is 1.43. The van der Waals surface area contributed by atoms with E-state index in [1.165, 1.54) is 17.7 Å². The Balaban J connectivity index is 1.50. The predicted molar refractivity (Wildman–Crippen MR) is 117 cm³/mol. The third-order valence-corrected chi connectivity index (χ3v) is 6.53. The minimum Gasteiger partial charge on any atom is -0.497 e. The smallest absolute Gasteiger partial charge is 0.208 e. The van der Waals surface area contributed by atoms with Crippen LogP contribution in [0.25, 0.3) is 0 Å². The van der Waals surface area contributed by atoms with Gasteiger partial charge in [-0.3, -0.25) is 4.79 Å². The SMILES string of the molecule is COc1cccc(Cc2csc(C(=O)c3cncnc3N[C@@H]3C[C@@H](C)[C@@H](O)C3)c2)c1. The summed E-state index contributed by atoms with van der Waals surface area (Å²) in [4.78, 5) is 22.2. The molecule has 156 valence electrons. The molecule has 0 aliphatic heterocycles. The molecule has 1 saturated carbocycles. The van der Waals surface area contributed by atoms with Crippen LogP contribution >= 0.6 is 11.3 Å². The highest BCUT2D eigenvalue weighted by Gasteiger charge is 2.30. The standard InChI is InChI=1S/C23H25N3O3S/c1-14-6-17(10-20(14)27)26-23-19(11-24-13-25-23)22(28)21-9-16(12-30-21)7-15-4-3-5-18(8-15)29-2/h3-5,8-9,11-14,17,20,27H,6-7,10H2,1-2H3,(H,24,25,26)/t14-,17-,20+/m1/s1. The van der Waals surface area contributed by atoms with Crippen LogP contribution in [0.4, 0.5) is 5.82 Å². The molecule has 3 atom stereocenters. The lowest BCUT2D eigenvalue weighted by Crippen LogP contribution is -2.20. The molecule has 0 bridgehead atoms. The van der Waals surface area contributed by atoms with Crippen molar-refractivity contribution in [1.29, 1.82) is 0 Å². The lowest BCUT2D eigenvalue weighted by molar-refractivity contribution is 0.104. The molecule has 0 amide bonds. The van der Waals surface area contributed by atoms with Gasteiger partial charge in [0.25, 0.3) is 0 Å². The molecule has 0 spiro atoms. The number of hydrogen-bond donors (Lipinski definition) is 2. The first-order chi connectivity index (χ1) is 14.5. The second-order valence-corrected chi connectivity index (χ2v) is 8.73. The van der Waals surface area contributed by atoms with Gasteiger partial charge in [-0.05, 0) is 59.9 Å². The normalized spacial score (nSPS) is 20.8. The van der Waals surface area contributed by atoms with Gasteiger partial charge in [-0.1, -0.05) is 19.1 Å². The van der Waals surface area contributed by atoms with E-state index in [9.17, 15) is 9.90 Å². The predicted octanol–water partition coefficient (Wildman–Crippen LogP) is 3.94. The van der Waals surface area contributed by atoms with Gasteiger partial charge >= 0.3 is 0 Å². The topological polar surface area (TPSA) is 84.3 Å². The zero-order chi connectivity index (χ0) is 21.1. The van der Waals surface area contributed by atoms with Gasteiger partial charge in [-0.15, -0.1) is 11.3 Å². The molecular formula is C23H25N3O3S. The maximum absolute atomic E-state index is 13.2. The quantitative estimate of drug-likeness (QED) is 0.560. The summed E-state index contributed by atoms with van der Waals surface area (Å²) in [5.74, 6) is 1.50. The average molecular weight is 424 g/mol. The first-order valence-electron chi connectivity index (χ1n) is 10.0. The molecular weight excluding hydrogens is 398 g/mol. The van der Waals surface area contributed by atoms with Gasteiger partial charge in [0, 0.05) is 12.2 Å². The van der Waals surface area contributed by atoms with Crippen LogP contribution in [0.3, 0.4) is 0 Å². The van der Waals surface area contributed by atoms with E-state index in [1.807, 2.05) is 42.6 Å². The first-order valence-corrected chi connectivity index (χ1v) is 10.9. The van der Waals surface area contributed by atoms with Crippen LogP contribution in [0.5, 0.6) is 5.75 Å². The van der Waals surface area contributed by atoms with E-state index in [0.29, 0.717) is 22.7 Å². The molecule has 1 aliphatic rings. The Morgan fingerprint density at radius 3 is 2.93 bits per heavy atom. The summed E-state index contributed by atoms with van der Waals surface area (Å²) in [5, 5.41) is 15.4. The molecule has 30 heavy (non-hydrogen) atoms. The second kappa shape index (κ2) is 8.93. The zero-order valence-corrected chi connectivity index (χ0v) is 17.9. The van der Waals surface area contributed by atoms with E-state index in [2.05, 4.69) is 15.3 Å². The molecule has 6 nitrogen and oxygen atoms in total. The molecule has 0 unspecified atom stereocenters. The van der Waals surface area contributed by atoms with E-state index in [-0.39, 0.29) is 23.8 Å². The maximum Gasteiger partial charge on any atom is 0.208 e.